The number of hydrogen-bond donors (Lipinski definition) is 2. The van der Waals surface area contributed by atoms with E-state index in [4.69, 9.17) is 18.9 Å². The maximum Gasteiger partial charge on any atom is 0.191 e. The molecule has 1 saturated carbocycles. The average Bonchev–Trinajstić information content (AvgIpc) is 3.52. The van der Waals surface area contributed by atoms with Crippen LogP contribution in [0.2, 0.25) is 0 Å². The van der Waals surface area contributed by atoms with E-state index in [1.54, 1.807) is 6.26 Å². The van der Waals surface area contributed by atoms with Gasteiger partial charge in [-0.1, -0.05) is 18.2 Å². The van der Waals surface area contributed by atoms with Crippen LogP contribution < -0.4 is 15.4 Å². The van der Waals surface area contributed by atoms with Crippen molar-refractivity contribution in [1.82, 2.24) is 15.5 Å². The molecule has 182 valence electrons. The van der Waals surface area contributed by atoms with Gasteiger partial charge in [0, 0.05) is 38.2 Å². The molecule has 1 saturated heterocycles. The van der Waals surface area contributed by atoms with E-state index in [2.05, 4.69) is 27.7 Å². The highest BCUT2D eigenvalue weighted by Crippen LogP contribution is 2.30. The summed E-state index contributed by atoms with van der Waals surface area (Å²) in [5.41, 5.74) is 1.12. The maximum absolute atomic E-state index is 6.05. The maximum atomic E-state index is 6.05. The van der Waals surface area contributed by atoms with Crippen LogP contribution in [0.15, 0.2) is 52.1 Å². The fourth-order valence-corrected chi connectivity index (χ4v) is 3.70. The van der Waals surface area contributed by atoms with Crippen LogP contribution in [-0.4, -0.2) is 63.4 Å². The van der Waals surface area contributed by atoms with Gasteiger partial charge >= 0.3 is 0 Å². The van der Waals surface area contributed by atoms with Crippen LogP contribution in [0.5, 0.6) is 5.75 Å². The summed E-state index contributed by atoms with van der Waals surface area (Å²) in [5.74, 6) is 3.49. The van der Waals surface area contributed by atoms with Gasteiger partial charge in [0.1, 0.15) is 11.5 Å². The van der Waals surface area contributed by atoms with Crippen molar-refractivity contribution in [2.45, 2.75) is 32.2 Å². The molecule has 0 radical (unpaired) electrons. The third-order valence-corrected chi connectivity index (χ3v) is 5.84. The summed E-state index contributed by atoms with van der Waals surface area (Å²) in [4.78, 5) is 7.31. The summed E-state index contributed by atoms with van der Waals surface area (Å²) >= 11 is 0. The first-order valence-corrected chi connectivity index (χ1v) is 11.9. The molecular formula is C25H37IN4O3. The Morgan fingerprint density at radius 3 is 2.67 bits per heavy atom. The summed E-state index contributed by atoms with van der Waals surface area (Å²) in [6.45, 7) is 7.86. The number of halogens is 1. The molecular weight excluding hydrogens is 531 g/mol. The van der Waals surface area contributed by atoms with E-state index in [1.165, 1.54) is 12.8 Å². The predicted octanol–water partition coefficient (Wildman–Crippen LogP) is 3.69. The normalized spacial score (nSPS) is 16.8. The molecule has 2 heterocycles. The minimum absolute atomic E-state index is 0. The number of para-hydroxylation sites is 1. The van der Waals surface area contributed by atoms with E-state index in [-0.39, 0.29) is 24.0 Å². The molecule has 1 aromatic carbocycles. The van der Waals surface area contributed by atoms with Crippen LogP contribution >= 0.6 is 24.0 Å². The highest BCUT2D eigenvalue weighted by Gasteiger charge is 2.22. The number of guanidine groups is 1. The van der Waals surface area contributed by atoms with E-state index < -0.39 is 0 Å². The Balaban J connectivity index is 0.00000306. The quantitative estimate of drug-likeness (QED) is 0.176. The fraction of sp³-hybridized carbons (Fsp3) is 0.560. The van der Waals surface area contributed by atoms with Gasteiger partial charge in [-0.2, -0.15) is 0 Å². The zero-order valence-corrected chi connectivity index (χ0v) is 21.7. The molecule has 0 unspecified atom stereocenters. The molecule has 0 amide bonds. The monoisotopic (exact) mass is 568 g/mol. The molecule has 2 aromatic rings. The minimum Gasteiger partial charge on any atom is -0.493 e. The van der Waals surface area contributed by atoms with E-state index in [9.17, 15) is 0 Å². The van der Waals surface area contributed by atoms with Gasteiger partial charge in [0.15, 0.2) is 5.96 Å². The molecule has 8 heteroatoms. The number of morpholine rings is 1. The molecule has 2 aliphatic rings. The molecule has 1 aliphatic heterocycles. The molecule has 0 atom stereocenters. The Kier molecular flexibility index (Phi) is 11.3. The van der Waals surface area contributed by atoms with Gasteiger partial charge in [0.05, 0.1) is 32.6 Å². The number of aliphatic imine (C=N–C) groups is 1. The lowest BCUT2D eigenvalue weighted by Gasteiger charge is -2.26. The lowest BCUT2D eigenvalue weighted by molar-refractivity contribution is 0.0376. The van der Waals surface area contributed by atoms with Crippen LogP contribution in [0.3, 0.4) is 0 Å². The predicted molar refractivity (Wildman–Crippen MR) is 142 cm³/mol. The molecule has 33 heavy (non-hydrogen) atoms. The van der Waals surface area contributed by atoms with Crippen LogP contribution in [0.4, 0.5) is 0 Å². The number of furan rings is 1. The van der Waals surface area contributed by atoms with Gasteiger partial charge in [0.25, 0.3) is 0 Å². The van der Waals surface area contributed by atoms with Gasteiger partial charge in [-0.25, -0.2) is 4.99 Å². The third-order valence-electron chi connectivity index (χ3n) is 5.84. The van der Waals surface area contributed by atoms with Crippen molar-refractivity contribution in [2.75, 3.05) is 52.5 Å². The second-order valence-corrected chi connectivity index (χ2v) is 8.52. The van der Waals surface area contributed by atoms with Crippen molar-refractivity contribution in [1.29, 1.82) is 0 Å². The van der Waals surface area contributed by atoms with Crippen molar-refractivity contribution < 1.29 is 13.9 Å². The summed E-state index contributed by atoms with van der Waals surface area (Å²) < 4.78 is 16.9. The summed E-state index contributed by atoms with van der Waals surface area (Å²) in [5, 5.41) is 6.95. The van der Waals surface area contributed by atoms with Crippen LogP contribution in [-0.2, 0) is 17.7 Å². The Morgan fingerprint density at radius 2 is 1.88 bits per heavy atom. The smallest absolute Gasteiger partial charge is 0.191 e. The fourth-order valence-electron chi connectivity index (χ4n) is 3.70. The molecule has 2 fully saturated rings. The first-order valence-electron chi connectivity index (χ1n) is 11.9. The van der Waals surface area contributed by atoms with Crippen molar-refractivity contribution in [2.24, 2.45) is 10.9 Å². The van der Waals surface area contributed by atoms with Crippen LogP contribution in [0.25, 0.3) is 0 Å². The summed E-state index contributed by atoms with van der Waals surface area (Å²) in [6, 6.07) is 12.2. The SMILES string of the molecule is I.c1coc(CCNC(=NCc2ccccc2OCC2CC2)NCCCN2CCOCC2)c1. The first-order chi connectivity index (χ1) is 15.9. The molecule has 1 aromatic heterocycles. The van der Waals surface area contributed by atoms with Crippen molar-refractivity contribution in [3.63, 3.8) is 0 Å². The van der Waals surface area contributed by atoms with Gasteiger partial charge in [-0.15, -0.1) is 24.0 Å². The number of hydrogen-bond acceptors (Lipinski definition) is 5. The Bertz CT molecular complexity index is 821. The van der Waals surface area contributed by atoms with E-state index >= 15 is 0 Å². The van der Waals surface area contributed by atoms with Gasteiger partial charge in [-0.3, -0.25) is 4.90 Å². The molecule has 0 bridgehead atoms. The number of nitrogens with one attached hydrogen (secondary N) is 2. The van der Waals surface area contributed by atoms with Crippen molar-refractivity contribution >= 4 is 29.9 Å². The zero-order valence-electron chi connectivity index (χ0n) is 19.3. The lowest BCUT2D eigenvalue weighted by atomic mass is 10.2. The third kappa shape index (κ3) is 9.54. The topological polar surface area (TPSA) is 71.3 Å². The van der Waals surface area contributed by atoms with E-state index in [1.807, 2.05) is 24.3 Å². The number of rotatable bonds is 12. The van der Waals surface area contributed by atoms with Gasteiger partial charge in [-0.05, 0) is 49.9 Å². The lowest BCUT2D eigenvalue weighted by Crippen LogP contribution is -2.41. The summed E-state index contributed by atoms with van der Waals surface area (Å²) in [6.07, 6.45) is 6.19. The number of benzene rings is 1. The van der Waals surface area contributed by atoms with Gasteiger partial charge < -0.3 is 24.5 Å². The highest BCUT2D eigenvalue weighted by atomic mass is 127. The zero-order chi connectivity index (χ0) is 21.8. The highest BCUT2D eigenvalue weighted by molar-refractivity contribution is 14.0. The standard InChI is InChI=1S/C25H36N4O3.HI/c1-2-7-24(32-20-21-8-9-21)22(5-1)19-28-25(27-12-10-23-6-3-16-31-23)26-11-4-13-29-14-17-30-18-15-29;/h1-3,5-7,16,21H,4,8-15,17-20H2,(H2,26,27,28);1H. The Hall–Kier alpha value is -1.78. The van der Waals surface area contributed by atoms with Crippen LogP contribution in [0, 0.1) is 5.92 Å². The number of ether oxygens (including phenoxy) is 2. The minimum atomic E-state index is 0. The summed E-state index contributed by atoms with van der Waals surface area (Å²) in [7, 11) is 0. The van der Waals surface area contributed by atoms with E-state index in [0.717, 1.165) is 94.3 Å². The molecule has 0 spiro atoms. The van der Waals surface area contributed by atoms with Gasteiger partial charge in [0.2, 0.25) is 0 Å². The second kappa shape index (κ2) is 14.5. The largest absolute Gasteiger partial charge is 0.493 e. The van der Waals surface area contributed by atoms with Crippen LogP contribution in [0.1, 0.15) is 30.6 Å². The molecule has 1 aliphatic carbocycles. The average molecular weight is 569 g/mol. The molecule has 2 N–H and O–H groups in total. The molecule has 7 nitrogen and oxygen atoms in total. The number of nitrogens with zero attached hydrogens (tertiary/aromatic N) is 2. The second-order valence-electron chi connectivity index (χ2n) is 8.52. The molecule has 4 rings (SSSR count). The van der Waals surface area contributed by atoms with Crippen molar-refractivity contribution in [3.05, 3.63) is 54.0 Å². The van der Waals surface area contributed by atoms with E-state index in [0.29, 0.717) is 6.54 Å². The Labute approximate surface area is 214 Å². The first kappa shape index (κ1) is 25.8. The van der Waals surface area contributed by atoms with Crippen molar-refractivity contribution in [3.8, 4) is 5.75 Å². The Morgan fingerprint density at radius 1 is 1.06 bits per heavy atom.